The van der Waals surface area contributed by atoms with Crippen molar-refractivity contribution in [3.05, 3.63) is 29.8 Å². The second-order valence-corrected chi connectivity index (χ2v) is 4.70. The van der Waals surface area contributed by atoms with Crippen LogP contribution < -0.4 is 10.1 Å². The molecule has 0 unspecified atom stereocenters. The zero-order valence-corrected chi connectivity index (χ0v) is 11.0. The monoisotopic (exact) mass is 246 g/mol. The Hall–Kier alpha value is -2.02. The predicted molar refractivity (Wildman–Crippen MR) is 69.1 cm³/mol. The number of nitrogens with one attached hydrogen (secondary N) is 1. The summed E-state index contributed by atoms with van der Waals surface area (Å²) < 4.78 is 5.46. The molecule has 0 bridgehead atoms. The number of carbonyl (C=O) groups is 1. The molecule has 0 aromatic heterocycles. The smallest absolute Gasteiger partial charge is 0.224 e. The Kier molecular flexibility index (Phi) is 4.73. The molecule has 0 aliphatic heterocycles. The molecule has 0 heterocycles. The van der Waals surface area contributed by atoms with Crippen molar-refractivity contribution in [3.63, 3.8) is 0 Å². The van der Waals surface area contributed by atoms with Crippen LogP contribution >= 0.6 is 0 Å². The minimum atomic E-state index is -0.833. The molecule has 0 aliphatic rings. The van der Waals surface area contributed by atoms with Gasteiger partial charge in [0.25, 0.3) is 0 Å². The molecular formula is C14H18N2O2. The summed E-state index contributed by atoms with van der Waals surface area (Å²) in [6.45, 7) is 5.60. The summed E-state index contributed by atoms with van der Waals surface area (Å²) in [6, 6.07) is 9.67. The summed E-state index contributed by atoms with van der Waals surface area (Å²) in [4.78, 5) is 11.5. The maximum atomic E-state index is 11.5. The van der Waals surface area contributed by atoms with Gasteiger partial charge in [0, 0.05) is 0 Å². The van der Waals surface area contributed by atoms with Crippen molar-refractivity contribution in [2.45, 2.75) is 32.7 Å². The molecule has 0 aliphatic carbocycles. The SMILES string of the molecule is Cc1cccc(OCCC(=O)NC(C)(C)C#N)c1. The molecule has 1 aromatic rings. The van der Waals surface area contributed by atoms with Gasteiger partial charge in [-0.25, -0.2) is 0 Å². The van der Waals surface area contributed by atoms with Crippen LogP contribution in [0.1, 0.15) is 25.8 Å². The highest BCUT2D eigenvalue weighted by molar-refractivity contribution is 5.77. The van der Waals surface area contributed by atoms with Crippen LogP contribution in [0.4, 0.5) is 0 Å². The molecule has 96 valence electrons. The molecule has 18 heavy (non-hydrogen) atoms. The van der Waals surface area contributed by atoms with Gasteiger partial charge in [0.2, 0.25) is 5.91 Å². The van der Waals surface area contributed by atoms with Gasteiger partial charge in [0.1, 0.15) is 11.3 Å². The zero-order valence-electron chi connectivity index (χ0n) is 11.0. The van der Waals surface area contributed by atoms with E-state index in [-0.39, 0.29) is 12.3 Å². The van der Waals surface area contributed by atoms with Gasteiger partial charge in [-0.2, -0.15) is 5.26 Å². The average Bonchev–Trinajstić information content (AvgIpc) is 2.28. The standard InChI is InChI=1S/C14H18N2O2/c1-11-5-4-6-12(9-11)18-8-7-13(17)16-14(2,3)10-15/h4-6,9H,7-8H2,1-3H3,(H,16,17). The fourth-order valence-electron chi connectivity index (χ4n) is 1.41. The van der Waals surface area contributed by atoms with Crippen LogP contribution in [0.5, 0.6) is 5.75 Å². The molecule has 1 rings (SSSR count). The van der Waals surface area contributed by atoms with E-state index in [9.17, 15) is 4.79 Å². The summed E-state index contributed by atoms with van der Waals surface area (Å²) in [7, 11) is 0. The van der Waals surface area contributed by atoms with Crippen LogP contribution in [0.15, 0.2) is 24.3 Å². The summed E-state index contributed by atoms with van der Waals surface area (Å²) in [5, 5.41) is 11.4. The fourth-order valence-corrected chi connectivity index (χ4v) is 1.41. The number of nitriles is 1. The van der Waals surface area contributed by atoms with Gasteiger partial charge in [-0.3, -0.25) is 4.79 Å². The lowest BCUT2D eigenvalue weighted by atomic mass is 10.1. The van der Waals surface area contributed by atoms with Crippen molar-refractivity contribution >= 4 is 5.91 Å². The minimum absolute atomic E-state index is 0.186. The summed E-state index contributed by atoms with van der Waals surface area (Å²) in [5.41, 5.74) is 0.281. The third-order valence-electron chi connectivity index (χ3n) is 2.32. The van der Waals surface area contributed by atoms with E-state index < -0.39 is 5.54 Å². The number of ether oxygens (including phenoxy) is 1. The first-order chi connectivity index (χ1) is 8.43. The van der Waals surface area contributed by atoms with Crippen molar-refractivity contribution < 1.29 is 9.53 Å². The Bertz CT molecular complexity index is 461. The molecule has 0 radical (unpaired) electrons. The van der Waals surface area contributed by atoms with E-state index in [0.717, 1.165) is 11.3 Å². The zero-order chi connectivity index (χ0) is 13.6. The van der Waals surface area contributed by atoms with Crippen molar-refractivity contribution in [2.75, 3.05) is 6.61 Å². The van der Waals surface area contributed by atoms with Gasteiger partial charge in [-0.15, -0.1) is 0 Å². The third kappa shape index (κ3) is 4.88. The van der Waals surface area contributed by atoms with Crippen LogP contribution in [0.3, 0.4) is 0 Å². The lowest BCUT2D eigenvalue weighted by molar-refractivity contribution is -0.122. The first-order valence-electron chi connectivity index (χ1n) is 5.85. The van der Waals surface area contributed by atoms with Gasteiger partial charge in [-0.1, -0.05) is 12.1 Å². The first-order valence-corrected chi connectivity index (χ1v) is 5.85. The predicted octanol–water partition coefficient (Wildman–Crippen LogP) is 2.18. The molecule has 0 atom stereocenters. The van der Waals surface area contributed by atoms with Crippen LogP contribution in [0, 0.1) is 18.3 Å². The Labute approximate surface area is 108 Å². The number of amides is 1. The number of rotatable bonds is 5. The number of aryl methyl sites for hydroxylation is 1. The molecule has 0 fully saturated rings. The molecular weight excluding hydrogens is 228 g/mol. The normalized spacial score (nSPS) is 10.6. The highest BCUT2D eigenvalue weighted by atomic mass is 16.5. The highest BCUT2D eigenvalue weighted by Crippen LogP contribution is 2.12. The van der Waals surface area contributed by atoms with E-state index in [1.165, 1.54) is 0 Å². The maximum Gasteiger partial charge on any atom is 0.224 e. The molecule has 0 saturated carbocycles. The fraction of sp³-hybridized carbons (Fsp3) is 0.429. The summed E-state index contributed by atoms with van der Waals surface area (Å²) in [6.07, 6.45) is 0.235. The minimum Gasteiger partial charge on any atom is -0.493 e. The van der Waals surface area contributed by atoms with Crippen molar-refractivity contribution in [3.8, 4) is 11.8 Å². The van der Waals surface area contributed by atoms with E-state index in [1.54, 1.807) is 13.8 Å². The maximum absolute atomic E-state index is 11.5. The van der Waals surface area contributed by atoms with E-state index in [2.05, 4.69) is 5.32 Å². The third-order valence-corrected chi connectivity index (χ3v) is 2.32. The molecule has 4 heteroatoms. The number of benzene rings is 1. The van der Waals surface area contributed by atoms with Crippen molar-refractivity contribution in [1.29, 1.82) is 5.26 Å². The molecule has 0 spiro atoms. The molecule has 1 amide bonds. The van der Waals surface area contributed by atoms with E-state index in [4.69, 9.17) is 10.00 Å². The Morgan fingerprint density at radius 1 is 1.50 bits per heavy atom. The average molecular weight is 246 g/mol. The number of hydrogen-bond acceptors (Lipinski definition) is 3. The van der Waals surface area contributed by atoms with Crippen LogP contribution in [0.2, 0.25) is 0 Å². The van der Waals surface area contributed by atoms with E-state index >= 15 is 0 Å². The highest BCUT2D eigenvalue weighted by Gasteiger charge is 2.18. The quantitative estimate of drug-likeness (QED) is 0.866. The van der Waals surface area contributed by atoms with Gasteiger partial charge in [0.05, 0.1) is 19.1 Å². The van der Waals surface area contributed by atoms with E-state index in [1.807, 2.05) is 37.3 Å². The lowest BCUT2D eigenvalue weighted by Crippen LogP contribution is -2.42. The van der Waals surface area contributed by atoms with Crippen molar-refractivity contribution in [1.82, 2.24) is 5.32 Å². The largest absolute Gasteiger partial charge is 0.493 e. The summed E-state index contributed by atoms with van der Waals surface area (Å²) in [5.74, 6) is 0.566. The van der Waals surface area contributed by atoms with Gasteiger partial charge in [0.15, 0.2) is 0 Å². The molecule has 4 nitrogen and oxygen atoms in total. The Morgan fingerprint density at radius 3 is 2.83 bits per heavy atom. The van der Waals surface area contributed by atoms with Gasteiger partial charge in [-0.05, 0) is 38.5 Å². The molecule has 0 saturated heterocycles. The molecule has 1 N–H and O–H groups in total. The van der Waals surface area contributed by atoms with Gasteiger partial charge >= 0.3 is 0 Å². The molecule has 1 aromatic carbocycles. The van der Waals surface area contributed by atoms with Gasteiger partial charge < -0.3 is 10.1 Å². The second-order valence-electron chi connectivity index (χ2n) is 4.70. The topological polar surface area (TPSA) is 62.1 Å². The Morgan fingerprint density at radius 2 is 2.22 bits per heavy atom. The van der Waals surface area contributed by atoms with E-state index in [0.29, 0.717) is 6.61 Å². The Balaban J connectivity index is 2.35. The van der Waals surface area contributed by atoms with Crippen LogP contribution in [-0.2, 0) is 4.79 Å². The van der Waals surface area contributed by atoms with Crippen molar-refractivity contribution in [2.24, 2.45) is 0 Å². The van der Waals surface area contributed by atoms with Crippen LogP contribution in [-0.4, -0.2) is 18.1 Å². The number of hydrogen-bond donors (Lipinski definition) is 1. The number of nitrogens with zero attached hydrogens (tertiary/aromatic N) is 1. The summed E-state index contributed by atoms with van der Waals surface area (Å²) >= 11 is 0. The first kappa shape index (κ1) is 14.0. The second kappa shape index (κ2) is 6.06. The lowest BCUT2D eigenvalue weighted by Gasteiger charge is -2.17. The van der Waals surface area contributed by atoms with Crippen LogP contribution in [0.25, 0.3) is 0 Å². The number of carbonyl (C=O) groups excluding carboxylic acids is 1.